The topological polar surface area (TPSA) is 92.2 Å². The van der Waals surface area contributed by atoms with Crippen LogP contribution in [-0.4, -0.2) is 27.0 Å². The minimum atomic E-state index is -1.14. The van der Waals surface area contributed by atoms with Crippen molar-refractivity contribution in [3.05, 3.63) is 45.7 Å². The van der Waals surface area contributed by atoms with E-state index in [9.17, 15) is 9.59 Å². The molecule has 0 bridgehead atoms. The van der Waals surface area contributed by atoms with Crippen LogP contribution in [0.25, 0.3) is 0 Å². The molecule has 0 unspecified atom stereocenters. The Labute approximate surface area is 119 Å². The van der Waals surface area contributed by atoms with Crippen LogP contribution >= 0.6 is 11.3 Å². The summed E-state index contributed by atoms with van der Waals surface area (Å²) in [5, 5.41) is 12.9. The molecule has 1 amide bonds. The van der Waals surface area contributed by atoms with Crippen molar-refractivity contribution in [2.24, 2.45) is 0 Å². The molecule has 0 aromatic carbocycles. The molecular formula is C13H13N3O3S. The molecule has 0 saturated heterocycles. The Kier molecular flexibility index (Phi) is 4.41. The van der Waals surface area contributed by atoms with E-state index in [2.05, 4.69) is 15.3 Å². The highest BCUT2D eigenvalue weighted by Gasteiger charge is 2.14. The number of pyridine rings is 1. The summed E-state index contributed by atoms with van der Waals surface area (Å²) in [7, 11) is 0. The number of amides is 1. The molecule has 0 radical (unpaired) electrons. The van der Waals surface area contributed by atoms with E-state index >= 15 is 0 Å². The van der Waals surface area contributed by atoms with E-state index in [1.54, 1.807) is 6.20 Å². The largest absolute Gasteiger partial charge is 0.476 e. The van der Waals surface area contributed by atoms with Crippen LogP contribution in [0.5, 0.6) is 0 Å². The van der Waals surface area contributed by atoms with Crippen molar-refractivity contribution >= 4 is 23.2 Å². The van der Waals surface area contributed by atoms with E-state index in [0.717, 1.165) is 29.0 Å². The lowest BCUT2D eigenvalue weighted by atomic mass is 10.1. The molecular weight excluding hydrogens is 278 g/mol. The molecule has 2 aromatic heterocycles. The summed E-state index contributed by atoms with van der Waals surface area (Å²) in [6.45, 7) is 2.31. The van der Waals surface area contributed by atoms with E-state index in [1.165, 1.54) is 5.38 Å². The third kappa shape index (κ3) is 3.18. The van der Waals surface area contributed by atoms with Gasteiger partial charge in [0.2, 0.25) is 0 Å². The van der Waals surface area contributed by atoms with Crippen LogP contribution < -0.4 is 5.32 Å². The van der Waals surface area contributed by atoms with Gasteiger partial charge in [-0.25, -0.2) is 9.78 Å². The first-order valence-electron chi connectivity index (χ1n) is 6.01. The van der Waals surface area contributed by atoms with Crippen molar-refractivity contribution in [1.82, 2.24) is 15.3 Å². The fourth-order valence-corrected chi connectivity index (χ4v) is 2.38. The van der Waals surface area contributed by atoms with Gasteiger partial charge in [-0.05, 0) is 18.1 Å². The molecule has 20 heavy (non-hydrogen) atoms. The average Bonchev–Trinajstić information content (AvgIpc) is 2.95. The molecule has 0 saturated carbocycles. The SMILES string of the molecule is CCc1cccnc1CNC(=O)c1nc(C(=O)O)cs1. The summed E-state index contributed by atoms with van der Waals surface area (Å²) in [5.74, 6) is -1.53. The Hall–Kier alpha value is -2.28. The van der Waals surface area contributed by atoms with Crippen molar-refractivity contribution in [2.45, 2.75) is 19.9 Å². The van der Waals surface area contributed by atoms with E-state index in [1.807, 2.05) is 19.1 Å². The van der Waals surface area contributed by atoms with E-state index in [4.69, 9.17) is 5.11 Å². The Morgan fingerprint density at radius 3 is 2.90 bits per heavy atom. The lowest BCUT2D eigenvalue weighted by molar-refractivity contribution is 0.0691. The van der Waals surface area contributed by atoms with Crippen LogP contribution in [0.1, 0.15) is 38.5 Å². The van der Waals surface area contributed by atoms with Crippen LogP contribution in [0.3, 0.4) is 0 Å². The number of thiazole rings is 1. The maximum atomic E-state index is 11.9. The summed E-state index contributed by atoms with van der Waals surface area (Å²) in [6, 6.07) is 3.81. The first kappa shape index (κ1) is 14.1. The van der Waals surface area contributed by atoms with Gasteiger partial charge >= 0.3 is 5.97 Å². The molecule has 0 atom stereocenters. The molecule has 0 fully saturated rings. The minimum Gasteiger partial charge on any atom is -0.476 e. The highest BCUT2D eigenvalue weighted by atomic mass is 32.1. The summed E-state index contributed by atoms with van der Waals surface area (Å²) >= 11 is 1.01. The van der Waals surface area contributed by atoms with Crippen LogP contribution in [0.2, 0.25) is 0 Å². The molecule has 0 aliphatic carbocycles. The maximum Gasteiger partial charge on any atom is 0.355 e. The lowest BCUT2D eigenvalue weighted by Crippen LogP contribution is -2.24. The maximum absolute atomic E-state index is 11.9. The molecule has 2 rings (SSSR count). The lowest BCUT2D eigenvalue weighted by Gasteiger charge is -2.06. The number of carbonyl (C=O) groups is 2. The van der Waals surface area contributed by atoms with E-state index in [-0.39, 0.29) is 10.7 Å². The van der Waals surface area contributed by atoms with E-state index in [0.29, 0.717) is 6.54 Å². The predicted octanol–water partition coefficient (Wildman–Crippen LogP) is 1.73. The number of aromatic nitrogens is 2. The number of nitrogens with zero attached hydrogens (tertiary/aromatic N) is 2. The number of hydrogen-bond donors (Lipinski definition) is 2. The normalized spacial score (nSPS) is 10.2. The monoisotopic (exact) mass is 291 g/mol. The molecule has 104 valence electrons. The zero-order chi connectivity index (χ0) is 14.5. The highest BCUT2D eigenvalue weighted by molar-refractivity contribution is 7.11. The first-order chi connectivity index (χ1) is 9.61. The second kappa shape index (κ2) is 6.25. The highest BCUT2D eigenvalue weighted by Crippen LogP contribution is 2.10. The van der Waals surface area contributed by atoms with Gasteiger partial charge in [0.15, 0.2) is 10.7 Å². The average molecular weight is 291 g/mol. The Morgan fingerprint density at radius 1 is 1.45 bits per heavy atom. The van der Waals surface area contributed by atoms with Gasteiger partial charge in [0.25, 0.3) is 5.91 Å². The van der Waals surface area contributed by atoms with Gasteiger partial charge in [0.05, 0.1) is 12.2 Å². The number of aryl methyl sites for hydroxylation is 1. The summed E-state index contributed by atoms with van der Waals surface area (Å²) in [5.41, 5.74) is 1.75. The zero-order valence-corrected chi connectivity index (χ0v) is 11.6. The Bertz CT molecular complexity index is 639. The molecule has 7 heteroatoms. The van der Waals surface area contributed by atoms with Gasteiger partial charge < -0.3 is 10.4 Å². The third-order valence-electron chi connectivity index (χ3n) is 2.70. The van der Waals surface area contributed by atoms with Crippen molar-refractivity contribution < 1.29 is 14.7 Å². The minimum absolute atomic E-state index is 0.118. The number of carboxylic acid groups (broad SMARTS) is 1. The van der Waals surface area contributed by atoms with Crippen molar-refractivity contribution in [1.29, 1.82) is 0 Å². The number of carbonyl (C=O) groups excluding carboxylic acids is 1. The van der Waals surface area contributed by atoms with Crippen LogP contribution in [0, 0.1) is 0 Å². The molecule has 6 nitrogen and oxygen atoms in total. The molecule has 0 spiro atoms. The van der Waals surface area contributed by atoms with Crippen LogP contribution in [0.4, 0.5) is 0 Å². The summed E-state index contributed by atoms with van der Waals surface area (Å²) < 4.78 is 0. The fraction of sp³-hybridized carbons (Fsp3) is 0.231. The molecule has 0 aliphatic heterocycles. The van der Waals surface area contributed by atoms with Gasteiger partial charge in [-0.3, -0.25) is 9.78 Å². The number of carboxylic acids is 1. The van der Waals surface area contributed by atoms with Crippen molar-refractivity contribution in [3.8, 4) is 0 Å². The van der Waals surface area contributed by atoms with Crippen LogP contribution in [-0.2, 0) is 13.0 Å². The zero-order valence-electron chi connectivity index (χ0n) is 10.8. The summed E-state index contributed by atoms with van der Waals surface area (Å²) in [6.07, 6.45) is 2.51. The first-order valence-corrected chi connectivity index (χ1v) is 6.89. The number of rotatable bonds is 5. The van der Waals surface area contributed by atoms with Crippen molar-refractivity contribution in [2.75, 3.05) is 0 Å². The van der Waals surface area contributed by atoms with Crippen molar-refractivity contribution in [3.63, 3.8) is 0 Å². The summed E-state index contributed by atoms with van der Waals surface area (Å²) in [4.78, 5) is 30.5. The second-order valence-electron chi connectivity index (χ2n) is 3.99. The second-order valence-corrected chi connectivity index (χ2v) is 4.85. The molecule has 2 N–H and O–H groups in total. The Morgan fingerprint density at radius 2 is 2.25 bits per heavy atom. The quantitative estimate of drug-likeness (QED) is 0.875. The van der Waals surface area contributed by atoms with Gasteiger partial charge in [0.1, 0.15) is 0 Å². The fourth-order valence-electron chi connectivity index (χ4n) is 1.67. The van der Waals surface area contributed by atoms with Gasteiger partial charge in [-0.2, -0.15) is 0 Å². The smallest absolute Gasteiger partial charge is 0.355 e. The number of hydrogen-bond acceptors (Lipinski definition) is 5. The molecule has 2 heterocycles. The number of nitrogens with one attached hydrogen (secondary N) is 1. The standard InChI is InChI=1S/C13H13N3O3S/c1-2-8-4-3-5-14-9(8)6-15-11(17)12-16-10(7-20-12)13(18)19/h3-5,7H,2,6H2,1H3,(H,15,17)(H,18,19). The van der Waals surface area contributed by atoms with Crippen LogP contribution in [0.15, 0.2) is 23.7 Å². The Balaban J connectivity index is 2.03. The third-order valence-corrected chi connectivity index (χ3v) is 3.54. The molecule has 2 aromatic rings. The van der Waals surface area contributed by atoms with Gasteiger partial charge in [-0.1, -0.05) is 13.0 Å². The predicted molar refractivity (Wildman–Crippen MR) is 73.9 cm³/mol. The van der Waals surface area contributed by atoms with E-state index < -0.39 is 11.9 Å². The van der Waals surface area contributed by atoms with Gasteiger partial charge in [0, 0.05) is 11.6 Å². The number of aromatic carboxylic acids is 1. The van der Waals surface area contributed by atoms with Gasteiger partial charge in [-0.15, -0.1) is 11.3 Å². The molecule has 0 aliphatic rings.